The smallest absolute Gasteiger partial charge is 0.240 e. The van der Waals surface area contributed by atoms with E-state index in [1.165, 1.54) is 15.9 Å². The summed E-state index contributed by atoms with van der Waals surface area (Å²) in [5.74, 6) is 0. The highest BCUT2D eigenvalue weighted by molar-refractivity contribution is 6.80. The molecule has 3 aromatic carbocycles. The Bertz CT molecular complexity index is 919. The Balaban J connectivity index is 1.66. The maximum atomic E-state index is 10.6. The van der Waals surface area contributed by atoms with Gasteiger partial charge in [-0.3, -0.25) is 4.90 Å². The van der Waals surface area contributed by atoms with Crippen LogP contribution in [-0.4, -0.2) is 43.8 Å². The first-order valence-electron chi connectivity index (χ1n) is 11.6. The summed E-state index contributed by atoms with van der Waals surface area (Å²) >= 11 is 0. The molecule has 4 rings (SSSR count). The van der Waals surface area contributed by atoms with Crippen molar-refractivity contribution in [1.82, 2.24) is 4.90 Å². The number of aliphatic hydroxyl groups is 1. The SMILES string of the molecule is CC(C)(C)C(O[SiH](c1ccccc1)c1ccccc1)[C@@H]1C[C@H](O)CN1Cc1ccccc1. The standard InChI is InChI=1S/C28H35NO2Si/c1-28(2,3)27(26-19-23(30)21-29(26)20-22-13-7-4-8-14-22)31-32(24-15-9-5-10-16-24)25-17-11-6-12-18-25/h4-18,23,26-27,30,32H,19-21H2,1-3H3/t23-,26-,27?/m0/s1. The van der Waals surface area contributed by atoms with Gasteiger partial charge in [0.05, 0.1) is 12.2 Å². The second kappa shape index (κ2) is 10.1. The van der Waals surface area contributed by atoms with E-state index in [0.717, 1.165) is 13.0 Å². The lowest BCUT2D eigenvalue weighted by atomic mass is 9.83. The molecule has 3 nitrogen and oxygen atoms in total. The molecule has 1 aliphatic heterocycles. The minimum absolute atomic E-state index is 0.0143. The minimum Gasteiger partial charge on any atom is -0.406 e. The third kappa shape index (κ3) is 5.57. The van der Waals surface area contributed by atoms with Crippen LogP contribution in [-0.2, 0) is 11.0 Å². The minimum atomic E-state index is -1.91. The molecule has 1 N–H and O–H groups in total. The third-order valence-corrected chi connectivity index (χ3v) is 8.89. The van der Waals surface area contributed by atoms with Crippen LogP contribution in [0.1, 0.15) is 32.8 Å². The maximum absolute atomic E-state index is 10.6. The summed E-state index contributed by atoms with van der Waals surface area (Å²) in [6, 6.07) is 32.1. The summed E-state index contributed by atoms with van der Waals surface area (Å²) < 4.78 is 7.17. The molecule has 1 unspecified atom stereocenters. The topological polar surface area (TPSA) is 32.7 Å². The van der Waals surface area contributed by atoms with Crippen LogP contribution in [0.2, 0.25) is 0 Å². The van der Waals surface area contributed by atoms with Crippen molar-refractivity contribution in [1.29, 1.82) is 0 Å². The zero-order chi connectivity index (χ0) is 22.6. The fourth-order valence-corrected chi connectivity index (χ4v) is 7.57. The molecule has 0 bridgehead atoms. The molecule has 0 spiro atoms. The lowest BCUT2D eigenvalue weighted by Gasteiger charge is -2.41. The average molecular weight is 446 g/mol. The Labute approximate surface area is 194 Å². The van der Waals surface area contributed by atoms with Crippen LogP contribution in [0.4, 0.5) is 0 Å². The number of nitrogens with zero attached hydrogens (tertiary/aromatic N) is 1. The number of hydrogen-bond acceptors (Lipinski definition) is 3. The van der Waals surface area contributed by atoms with Crippen LogP contribution in [0, 0.1) is 5.41 Å². The highest BCUT2D eigenvalue weighted by Gasteiger charge is 2.43. The van der Waals surface area contributed by atoms with Gasteiger partial charge < -0.3 is 9.53 Å². The predicted octanol–water partition coefficient (Wildman–Crippen LogP) is 3.59. The van der Waals surface area contributed by atoms with E-state index in [2.05, 4.69) is 117 Å². The van der Waals surface area contributed by atoms with Crippen molar-refractivity contribution in [2.45, 2.75) is 52.0 Å². The van der Waals surface area contributed by atoms with Crippen LogP contribution in [0.5, 0.6) is 0 Å². The molecule has 0 amide bonds. The van der Waals surface area contributed by atoms with Gasteiger partial charge in [-0.2, -0.15) is 0 Å². The molecular formula is C28H35NO2Si. The highest BCUT2D eigenvalue weighted by atomic mass is 28.3. The van der Waals surface area contributed by atoms with Crippen molar-refractivity contribution in [3.8, 4) is 0 Å². The van der Waals surface area contributed by atoms with E-state index in [1.807, 2.05) is 0 Å². The molecule has 0 saturated carbocycles. The van der Waals surface area contributed by atoms with Crippen molar-refractivity contribution in [2.24, 2.45) is 5.41 Å². The van der Waals surface area contributed by atoms with Crippen LogP contribution < -0.4 is 10.4 Å². The van der Waals surface area contributed by atoms with E-state index in [9.17, 15) is 5.11 Å². The monoisotopic (exact) mass is 445 g/mol. The molecular weight excluding hydrogens is 410 g/mol. The summed E-state index contributed by atoms with van der Waals surface area (Å²) in [4.78, 5) is 2.43. The Morgan fingerprint density at radius 2 is 1.38 bits per heavy atom. The van der Waals surface area contributed by atoms with Crippen LogP contribution in [0.15, 0.2) is 91.0 Å². The molecule has 4 heteroatoms. The lowest BCUT2D eigenvalue weighted by molar-refractivity contribution is 0.0129. The number of β-amino-alcohol motifs (C(OH)–C–C–N with tert-alkyl or cyclic N) is 1. The van der Waals surface area contributed by atoms with Gasteiger partial charge in [0.15, 0.2) is 0 Å². The number of aliphatic hydroxyl groups excluding tert-OH is 1. The largest absolute Gasteiger partial charge is 0.406 e. The zero-order valence-electron chi connectivity index (χ0n) is 19.4. The van der Waals surface area contributed by atoms with E-state index in [4.69, 9.17) is 4.43 Å². The number of hydrogen-bond donors (Lipinski definition) is 1. The summed E-state index contributed by atoms with van der Waals surface area (Å²) in [6.07, 6.45) is 0.450. The summed E-state index contributed by atoms with van der Waals surface area (Å²) in [7, 11) is -1.91. The van der Waals surface area contributed by atoms with E-state index in [0.29, 0.717) is 6.54 Å². The van der Waals surface area contributed by atoms with Crippen molar-refractivity contribution in [3.05, 3.63) is 96.6 Å². The molecule has 168 valence electrons. The van der Waals surface area contributed by atoms with Gasteiger partial charge in [0.2, 0.25) is 9.04 Å². The van der Waals surface area contributed by atoms with Gasteiger partial charge in [-0.25, -0.2) is 0 Å². The molecule has 1 aliphatic rings. The molecule has 32 heavy (non-hydrogen) atoms. The molecule has 1 heterocycles. The zero-order valence-corrected chi connectivity index (χ0v) is 20.5. The Kier molecular flexibility index (Phi) is 7.26. The predicted molar refractivity (Wildman–Crippen MR) is 135 cm³/mol. The van der Waals surface area contributed by atoms with Crippen LogP contribution in [0.3, 0.4) is 0 Å². The third-order valence-electron chi connectivity index (χ3n) is 6.35. The number of benzene rings is 3. The van der Waals surface area contributed by atoms with Gasteiger partial charge in [-0.15, -0.1) is 0 Å². The lowest BCUT2D eigenvalue weighted by Crippen LogP contribution is -2.55. The van der Waals surface area contributed by atoms with Gasteiger partial charge in [0.1, 0.15) is 0 Å². The van der Waals surface area contributed by atoms with Crippen molar-refractivity contribution in [2.75, 3.05) is 6.54 Å². The number of likely N-dealkylation sites (tertiary alicyclic amines) is 1. The first-order chi connectivity index (χ1) is 15.4. The fraction of sp³-hybridized carbons (Fsp3) is 0.357. The Morgan fingerprint density at radius 3 is 1.88 bits per heavy atom. The van der Waals surface area contributed by atoms with Crippen molar-refractivity contribution >= 4 is 19.4 Å². The summed E-state index contributed by atoms with van der Waals surface area (Å²) in [5, 5.41) is 13.2. The average Bonchev–Trinajstić information content (AvgIpc) is 3.14. The van der Waals surface area contributed by atoms with Gasteiger partial charge in [0.25, 0.3) is 0 Å². The van der Waals surface area contributed by atoms with Crippen molar-refractivity contribution in [3.63, 3.8) is 0 Å². The first-order valence-corrected chi connectivity index (χ1v) is 13.3. The van der Waals surface area contributed by atoms with Gasteiger partial charge >= 0.3 is 0 Å². The Morgan fingerprint density at radius 1 is 0.875 bits per heavy atom. The van der Waals surface area contributed by atoms with Gasteiger partial charge in [0, 0.05) is 19.1 Å². The van der Waals surface area contributed by atoms with E-state index >= 15 is 0 Å². The molecule has 0 aromatic heterocycles. The summed E-state index contributed by atoms with van der Waals surface area (Å²) in [6.45, 7) is 8.33. The van der Waals surface area contributed by atoms with Crippen LogP contribution in [0.25, 0.3) is 0 Å². The fourth-order valence-electron chi connectivity index (χ4n) is 4.85. The molecule has 0 aliphatic carbocycles. The number of rotatable bonds is 7. The quantitative estimate of drug-likeness (QED) is 0.564. The summed E-state index contributed by atoms with van der Waals surface area (Å²) in [5.41, 5.74) is 1.22. The Hall–Kier alpha value is -2.24. The molecule has 1 saturated heterocycles. The van der Waals surface area contributed by atoms with Crippen molar-refractivity contribution < 1.29 is 9.53 Å². The normalized spacial score (nSPS) is 20.5. The molecule has 1 fully saturated rings. The van der Waals surface area contributed by atoms with E-state index in [1.54, 1.807) is 0 Å². The second-order valence-corrected chi connectivity index (χ2v) is 12.4. The van der Waals surface area contributed by atoms with E-state index in [-0.39, 0.29) is 23.7 Å². The molecule has 3 atom stereocenters. The molecule has 0 radical (unpaired) electrons. The maximum Gasteiger partial charge on any atom is 0.240 e. The highest BCUT2D eigenvalue weighted by Crippen LogP contribution is 2.34. The second-order valence-electron chi connectivity index (χ2n) is 10.00. The molecule has 3 aromatic rings. The van der Waals surface area contributed by atoms with E-state index < -0.39 is 9.04 Å². The van der Waals surface area contributed by atoms with Crippen LogP contribution >= 0.6 is 0 Å². The first kappa shape index (κ1) is 22.9. The van der Waals surface area contributed by atoms with Gasteiger partial charge in [-0.1, -0.05) is 112 Å². The van der Waals surface area contributed by atoms with Gasteiger partial charge in [-0.05, 0) is 27.8 Å².